The number of non-ortho nitro benzene ring substituents is 1. The zero-order chi connectivity index (χ0) is 27.0. The van der Waals surface area contributed by atoms with Crippen LogP contribution in [0.4, 0.5) is 17.1 Å². The second-order valence-corrected chi connectivity index (χ2v) is 9.32. The van der Waals surface area contributed by atoms with Gasteiger partial charge in [0.05, 0.1) is 42.5 Å². The molecule has 3 aromatic rings. The lowest BCUT2D eigenvalue weighted by molar-refractivity contribution is -0.384. The number of nitro groups is 1. The maximum absolute atomic E-state index is 14.0. The number of hydrogen-bond donors (Lipinski definition) is 1. The minimum atomic E-state index is -0.695. The van der Waals surface area contributed by atoms with Crippen LogP contribution in [0.25, 0.3) is 0 Å². The molecule has 38 heavy (non-hydrogen) atoms. The normalized spacial score (nSPS) is 20.3. The Bertz CT molecular complexity index is 1470. The van der Waals surface area contributed by atoms with E-state index in [-0.39, 0.29) is 29.7 Å². The molecule has 2 aliphatic rings. The van der Waals surface area contributed by atoms with E-state index in [9.17, 15) is 19.7 Å². The molecule has 3 unspecified atom stereocenters. The number of ketones is 1. The van der Waals surface area contributed by atoms with Crippen molar-refractivity contribution in [2.24, 2.45) is 5.92 Å². The van der Waals surface area contributed by atoms with Crippen LogP contribution in [0.5, 0.6) is 11.5 Å². The van der Waals surface area contributed by atoms with Crippen molar-refractivity contribution in [1.29, 1.82) is 0 Å². The molecule has 0 saturated carbocycles. The topological polar surface area (TPSA) is 111 Å². The summed E-state index contributed by atoms with van der Waals surface area (Å²) in [4.78, 5) is 39.7. The highest BCUT2D eigenvalue weighted by molar-refractivity contribution is 6.00. The Morgan fingerprint density at radius 1 is 1.00 bits per heavy atom. The Kier molecular flexibility index (Phi) is 6.59. The monoisotopic (exact) mass is 513 g/mol. The molecule has 1 amide bonds. The van der Waals surface area contributed by atoms with Crippen molar-refractivity contribution in [2.45, 2.75) is 25.3 Å². The number of nitro benzene ring substituents is 1. The van der Waals surface area contributed by atoms with Gasteiger partial charge < -0.3 is 19.7 Å². The number of methoxy groups -OCH3 is 2. The Morgan fingerprint density at radius 2 is 1.76 bits per heavy atom. The van der Waals surface area contributed by atoms with Crippen LogP contribution in [0, 0.1) is 16.0 Å². The van der Waals surface area contributed by atoms with Crippen LogP contribution in [-0.2, 0) is 9.59 Å². The Balaban J connectivity index is 1.70. The molecule has 1 heterocycles. The zero-order valence-corrected chi connectivity index (χ0v) is 21.2. The summed E-state index contributed by atoms with van der Waals surface area (Å²) < 4.78 is 10.9. The largest absolute Gasteiger partial charge is 0.493 e. The summed E-state index contributed by atoms with van der Waals surface area (Å²) in [5, 5.41) is 14.8. The molecule has 3 atom stereocenters. The van der Waals surface area contributed by atoms with Crippen LogP contribution in [0.2, 0.25) is 0 Å². The van der Waals surface area contributed by atoms with Gasteiger partial charge in [0.1, 0.15) is 5.78 Å². The standard InChI is InChI=1S/C29H27N3O6/c1-17(33)31-24-10-5-4-9-22(24)30-23-14-20(18-7-6-8-21(13-18)32(35)36)15-25(34)28(23)29(31)19-11-12-26(37-2)27(16-19)38-3/h4-14,16,20,28-30H,15H2,1-3H3. The van der Waals surface area contributed by atoms with E-state index in [0.717, 1.165) is 5.56 Å². The minimum absolute atomic E-state index is 0.0272. The number of carbonyl (C=O) groups excluding carboxylic acids is 2. The molecule has 3 aromatic carbocycles. The maximum atomic E-state index is 14.0. The number of anilines is 2. The van der Waals surface area contributed by atoms with E-state index in [1.54, 1.807) is 36.3 Å². The molecule has 194 valence electrons. The number of Topliss-reactive ketones (excluding diaryl/α,β-unsaturated/α-hetero) is 1. The molecular weight excluding hydrogens is 486 g/mol. The van der Waals surface area contributed by atoms with E-state index in [1.807, 2.05) is 36.4 Å². The first kappa shape index (κ1) is 25.0. The van der Waals surface area contributed by atoms with Crippen LogP contribution >= 0.6 is 0 Å². The zero-order valence-electron chi connectivity index (χ0n) is 21.2. The third-order valence-electron chi connectivity index (χ3n) is 7.12. The highest BCUT2D eigenvalue weighted by Crippen LogP contribution is 2.48. The van der Waals surface area contributed by atoms with Gasteiger partial charge in [-0.3, -0.25) is 19.7 Å². The van der Waals surface area contributed by atoms with Gasteiger partial charge in [-0.1, -0.05) is 36.4 Å². The summed E-state index contributed by atoms with van der Waals surface area (Å²) in [5.74, 6) is -0.321. The van der Waals surface area contributed by atoms with Gasteiger partial charge in [-0.05, 0) is 35.4 Å². The summed E-state index contributed by atoms with van der Waals surface area (Å²) in [5.41, 5.74) is 3.36. The second kappa shape index (κ2) is 10.0. The van der Waals surface area contributed by atoms with Crippen molar-refractivity contribution in [3.8, 4) is 11.5 Å². The second-order valence-electron chi connectivity index (χ2n) is 9.32. The van der Waals surface area contributed by atoms with Gasteiger partial charge in [0.25, 0.3) is 5.69 Å². The van der Waals surface area contributed by atoms with Gasteiger partial charge >= 0.3 is 0 Å². The average Bonchev–Trinajstić information content (AvgIpc) is 3.07. The van der Waals surface area contributed by atoms with Gasteiger partial charge in [-0.2, -0.15) is 0 Å². The van der Waals surface area contributed by atoms with Gasteiger partial charge in [0, 0.05) is 37.1 Å². The van der Waals surface area contributed by atoms with Gasteiger partial charge in [0.2, 0.25) is 5.91 Å². The third-order valence-corrected chi connectivity index (χ3v) is 7.12. The third kappa shape index (κ3) is 4.36. The van der Waals surface area contributed by atoms with E-state index < -0.39 is 16.9 Å². The Labute approximate surface area is 219 Å². The minimum Gasteiger partial charge on any atom is -0.493 e. The lowest BCUT2D eigenvalue weighted by Crippen LogP contribution is -2.41. The molecule has 9 heteroatoms. The maximum Gasteiger partial charge on any atom is 0.269 e. The molecule has 5 rings (SSSR count). The molecule has 0 spiro atoms. The summed E-state index contributed by atoms with van der Waals surface area (Å²) in [7, 11) is 3.08. The first-order chi connectivity index (χ1) is 18.3. The molecule has 0 fully saturated rings. The first-order valence-corrected chi connectivity index (χ1v) is 12.2. The molecule has 0 saturated heterocycles. The number of fused-ring (bicyclic) bond motifs is 2. The lowest BCUT2D eigenvalue weighted by Gasteiger charge is -2.37. The average molecular weight is 514 g/mol. The van der Waals surface area contributed by atoms with E-state index >= 15 is 0 Å². The molecule has 9 nitrogen and oxygen atoms in total. The molecular formula is C29H27N3O6. The summed E-state index contributed by atoms with van der Waals surface area (Å²) in [6.07, 6.45) is 2.10. The summed E-state index contributed by atoms with van der Waals surface area (Å²) >= 11 is 0. The molecule has 0 radical (unpaired) electrons. The Hall–Kier alpha value is -4.66. The fourth-order valence-corrected chi connectivity index (χ4v) is 5.43. The number of benzene rings is 3. The van der Waals surface area contributed by atoms with E-state index in [2.05, 4.69) is 5.32 Å². The fraction of sp³-hybridized carbons (Fsp3) is 0.241. The van der Waals surface area contributed by atoms with Crippen molar-refractivity contribution in [2.75, 3.05) is 24.4 Å². The predicted octanol–water partition coefficient (Wildman–Crippen LogP) is 5.39. The fourth-order valence-electron chi connectivity index (χ4n) is 5.43. The quantitative estimate of drug-likeness (QED) is 0.360. The van der Waals surface area contributed by atoms with Gasteiger partial charge in [-0.15, -0.1) is 0 Å². The number of para-hydroxylation sites is 2. The predicted molar refractivity (Wildman–Crippen MR) is 143 cm³/mol. The van der Waals surface area contributed by atoms with Crippen molar-refractivity contribution in [1.82, 2.24) is 0 Å². The molecule has 1 aliphatic heterocycles. The number of nitrogens with zero attached hydrogens (tertiary/aromatic N) is 2. The number of amides is 1. The number of ether oxygens (including phenoxy) is 2. The number of nitrogens with one attached hydrogen (secondary N) is 1. The lowest BCUT2D eigenvalue weighted by atomic mass is 9.76. The number of carbonyl (C=O) groups is 2. The van der Waals surface area contributed by atoms with E-state index in [4.69, 9.17) is 9.47 Å². The van der Waals surface area contributed by atoms with Gasteiger partial charge in [0.15, 0.2) is 11.5 Å². The van der Waals surface area contributed by atoms with Crippen molar-refractivity contribution >= 4 is 28.8 Å². The van der Waals surface area contributed by atoms with Crippen LogP contribution in [0.15, 0.2) is 78.5 Å². The van der Waals surface area contributed by atoms with Crippen molar-refractivity contribution < 1.29 is 24.0 Å². The molecule has 0 bridgehead atoms. The van der Waals surface area contributed by atoms with E-state index in [1.165, 1.54) is 26.2 Å². The highest BCUT2D eigenvalue weighted by atomic mass is 16.6. The number of hydrogen-bond acceptors (Lipinski definition) is 7. The SMILES string of the molecule is COc1ccc(C2C3C(=O)CC(c4cccc([N+](=O)[O-])c4)C=C3Nc3ccccc3N2C(C)=O)cc1OC. The highest BCUT2D eigenvalue weighted by Gasteiger charge is 2.44. The van der Waals surface area contributed by atoms with Crippen LogP contribution < -0.4 is 19.7 Å². The molecule has 1 N–H and O–H groups in total. The van der Waals surface area contributed by atoms with E-state index in [0.29, 0.717) is 34.1 Å². The number of rotatable bonds is 5. The first-order valence-electron chi connectivity index (χ1n) is 12.2. The van der Waals surface area contributed by atoms with Crippen LogP contribution in [-0.4, -0.2) is 30.8 Å². The van der Waals surface area contributed by atoms with Crippen LogP contribution in [0.3, 0.4) is 0 Å². The summed E-state index contributed by atoms with van der Waals surface area (Å²) in [6.45, 7) is 1.48. The van der Waals surface area contributed by atoms with Crippen molar-refractivity contribution in [3.05, 3.63) is 99.7 Å². The molecule has 0 aromatic heterocycles. The van der Waals surface area contributed by atoms with Crippen molar-refractivity contribution in [3.63, 3.8) is 0 Å². The van der Waals surface area contributed by atoms with Gasteiger partial charge in [-0.25, -0.2) is 0 Å². The summed E-state index contributed by atoms with van der Waals surface area (Å²) in [6, 6.07) is 18.5. The molecule has 1 aliphatic carbocycles. The smallest absolute Gasteiger partial charge is 0.269 e. The number of allylic oxidation sites excluding steroid dienone is 1. The van der Waals surface area contributed by atoms with Crippen LogP contribution in [0.1, 0.15) is 36.4 Å². The Morgan fingerprint density at radius 3 is 2.47 bits per heavy atom.